The predicted octanol–water partition coefficient (Wildman–Crippen LogP) is 0.774. The largest absolute Gasteiger partial charge is 0.455 e. The fourth-order valence-corrected chi connectivity index (χ4v) is 5.95. The summed E-state index contributed by atoms with van der Waals surface area (Å²) in [6.07, 6.45) is 4.34. The van der Waals surface area contributed by atoms with Crippen molar-refractivity contribution in [2.45, 2.75) is 37.5 Å². The Labute approximate surface area is 166 Å². The number of carbonyl (C=O) groups is 1. The molecular formula is C17H27N3O6S2. The number of nitrogens with zero attached hydrogens (tertiary/aromatic N) is 2. The monoisotopic (exact) mass is 433 g/mol. The highest BCUT2D eigenvalue weighted by atomic mass is 32.2. The van der Waals surface area contributed by atoms with Gasteiger partial charge >= 0.3 is 0 Å². The van der Waals surface area contributed by atoms with E-state index in [1.807, 2.05) is 0 Å². The van der Waals surface area contributed by atoms with Crippen molar-refractivity contribution in [2.24, 2.45) is 5.92 Å². The zero-order chi connectivity index (χ0) is 20.5. The molecular weight excluding hydrogens is 406 g/mol. The maximum atomic E-state index is 12.8. The van der Waals surface area contributed by atoms with Gasteiger partial charge in [-0.2, -0.15) is 4.31 Å². The van der Waals surface area contributed by atoms with E-state index < -0.39 is 20.0 Å². The second-order valence-electron chi connectivity index (χ2n) is 7.52. The minimum absolute atomic E-state index is 0.00648. The number of nitrogens with one attached hydrogen (secondary N) is 1. The molecule has 2 saturated heterocycles. The molecule has 0 bridgehead atoms. The third kappa shape index (κ3) is 4.76. The van der Waals surface area contributed by atoms with Crippen LogP contribution in [0.3, 0.4) is 0 Å². The number of furan rings is 1. The summed E-state index contributed by atoms with van der Waals surface area (Å²) in [5.41, 5.74) is 0. The Morgan fingerprint density at radius 3 is 2.50 bits per heavy atom. The van der Waals surface area contributed by atoms with Crippen LogP contribution in [0.4, 0.5) is 0 Å². The van der Waals surface area contributed by atoms with Gasteiger partial charge in [-0.3, -0.25) is 4.79 Å². The molecule has 2 fully saturated rings. The van der Waals surface area contributed by atoms with E-state index in [0.717, 1.165) is 31.9 Å². The number of amides is 1. The third-order valence-electron chi connectivity index (χ3n) is 5.21. The zero-order valence-corrected chi connectivity index (χ0v) is 17.8. The van der Waals surface area contributed by atoms with Crippen molar-refractivity contribution in [1.82, 2.24) is 13.9 Å². The molecule has 0 spiro atoms. The smallest absolute Gasteiger partial charge is 0.289 e. The molecule has 9 nitrogen and oxygen atoms in total. The fourth-order valence-electron chi connectivity index (χ4n) is 3.74. The third-order valence-corrected chi connectivity index (χ3v) is 7.90. The molecule has 2 aliphatic heterocycles. The maximum Gasteiger partial charge on any atom is 0.289 e. The van der Waals surface area contributed by atoms with Gasteiger partial charge < -0.3 is 9.32 Å². The molecule has 28 heavy (non-hydrogen) atoms. The van der Waals surface area contributed by atoms with Crippen LogP contribution >= 0.6 is 0 Å². The SMILES string of the molecule is Cc1oc(C(=O)N2CCCC(CNS(C)(=O)=O)C2)cc1S(=O)(=O)N1CCCC1. The topological polar surface area (TPSA) is 117 Å². The quantitative estimate of drug-likeness (QED) is 0.708. The molecule has 1 unspecified atom stereocenters. The highest BCUT2D eigenvalue weighted by Crippen LogP contribution is 2.28. The highest BCUT2D eigenvalue weighted by Gasteiger charge is 2.33. The van der Waals surface area contributed by atoms with Crippen LogP contribution in [0.15, 0.2) is 15.4 Å². The summed E-state index contributed by atoms with van der Waals surface area (Å²) in [7, 11) is -6.94. The molecule has 2 aliphatic rings. The standard InChI is InChI=1S/C17H27N3O6S2/c1-13-16(28(24,25)20-8-3-4-9-20)10-15(26-13)17(21)19-7-5-6-14(12-19)11-18-27(2,22)23/h10,14,18H,3-9,11-12H2,1-2H3. The lowest BCUT2D eigenvalue weighted by atomic mass is 9.98. The Kier molecular flexibility index (Phi) is 6.18. The normalized spacial score (nSPS) is 21.9. The second-order valence-corrected chi connectivity index (χ2v) is 11.3. The van der Waals surface area contributed by atoms with Gasteiger partial charge in [0.1, 0.15) is 10.7 Å². The van der Waals surface area contributed by atoms with Crippen LogP contribution in [-0.2, 0) is 20.0 Å². The Bertz CT molecular complexity index is 932. The summed E-state index contributed by atoms with van der Waals surface area (Å²) in [5, 5.41) is 0. The van der Waals surface area contributed by atoms with Crippen LogP contribution in [0.5, 0.6) is 0 Å². The van der Waals surface area contributed by atoms with E-state index in [-0.39, 0.29) is 34.8 Å². The molecule has 158 valence electrons. The minimum atomic E-state index is -3.66. The lowest BCUT2D eigenvalue weighted by Gasteiger charge is -2.32. The first-order chi connectivity index (χ1) is 13.1. The van der Waals surface area contributed by atoms with Crippen molar-refractivity contribution in [2.75, 3.05) is 39.0 Å². The molecule has 3 rings (SSSR count). The number of aryl methyl sites for hydroxylation is 1. The predicted molar refractivity (Wildman–Crippen MR) is 103 cm³/mol. The van der Waals surface area contributed by atoms with E-state index >= 15 is 0 Å². The number of piperidine rings is 1. The van der Waals surface area contributed by atoms with Crippen molar-refractivity contribution in [1.29, 1.82) is 0 Å². The van der Waals surface area contributed by atoms with E-state index in [2.05, 4.69) is 4.72 Å². The molecule has 11 heteroatoms. The Morgan fingerprint density at radius 1 is 1.18 bits per heavy atom. The molecule has 0 saturated carbocycles. The maximum absolute atomic E-state index is 12.8. The van der Waals surface area contributed by atoms with E-state index in [4.69, 9.17) is 4.42 Å². The molecule has 0 radical (unpaired) electrons. The highest BCUT2D eigenvalue weighted by molar-refractivity contribution is 7.89. The van der Waals surface area contributed by atoms with Crippen molar-refractivity contribution in [3.8, 4) is 0 Å². The van der Waals surface area contributed by atoms with Crippen LogP contribution in [0.25, 0.3) is 0 Å². The van der Waals surface area contributed by atoms with E-state index in [1.165, 1.54) is 10.4 Å². The summed E-state index contributed by atoms with van der Waals surface area (Å²) in [5.74, 6) is -0.138. The van der Waals surface area contributed by atoms with Gasteiger partial charge in [0.05, 0.1) is 6.26 Å². The summed E-state index contributed by atoms with van der Waals surface area (Å²) >= 11 is 0. The van der Waals surface area contributed by atoms with Crippen LogP contribution in [-0.4, -0.2) is 70.9 Å². The zero-order valence-electron chi connectivity index (χ0n) is 16.2. The van der Waals surface area contributed by atoms with E-state index in [1.54, 1.807) is 11.8 Å². The second kappa shape index (κ2) is 8.13. The lowest BCUT2D eigenvalue weighted by molar-refractivity contribution is 0.0643. The van der Waals surface area contributed by atoms with Gasteiger partial charge in [0.15, 0.2) is 5.76 Å². The van der Waals surface area contributed by atoms with Crippen LogP contribution < -0.4 is 4.72 Å². The molecule has 1 aromatic rings. The molecule has 1 N–H and O–H groups in total. The average Bonchev–Trinajstić information content (AvgIpc) is 3.29. The molecule has 0 aliphatic carbocycles. The molecule has 0 aromatic carbocycles. The summed E-state index contributed by atoms with van der Waals surface area (Å²) < 4.78 is 57.5. The summed E-state index contributed by atoms with van der Waals surface area (Å²) in [4.78, 5) is 14.5. The Hall–Kier alpha value is -1.43. The van der Waals surface area contributed by atoms with Crippen LogP contribution in [0, 0.1) is 12.8 Å². The first-order valence-corrected chi connectivity index (χ1v) is 12.8. The van der Waals surface area contributed by atoms with Gasteiger partial charge in [-0.1, -0.05) is 0 Å². The van der Waals surface area contributed by atoms with E-state index in [9.17, 15) is 21.6 Å². The number of rotatable bonds is 6. The van der Waals surface area contributed by atoms with Crippen molar-refractivity contribution < 1.29 is 26.0 Å². The first kappa shape index (κ1) is 21.3. The molecule has 1 amide bonds. The number of hydrogen-bond donors (Lipinski definition) is 1. The van der Waals surface area contributed by atoms with Gasteiger partial charge in [0.25, 0.3) is 5.91 Å². The molecule has 1 atom stereocenters. The van der Waals surface area contributed by atoms with Gasteiger partial charge in [-0.05, 0) is 38.5 Å². The van der Waals surface area contributed by atoms with Gasteiger partial charge in [-0.15, -0.1) is 0 Å². The van der Waals surface area contributed by atoms with Gasteiger partial charge in [0.2, 0.25) is 20.0 Å². The van der Waals surface area contributed by atoms with Gasteiger partial charge in [-0.25, -0.2) is 21.6 Å². The van der Waals surface area contributed by atoms with Gasteiger partial charge in [0, 0.05) is 38.8 Å². The number of sulfonamides is 2. The van der Waals surface area contributed by atoms with E-state index in [0.29, 0.717) is 26.2 Å². The van der Waals surface area contributed by atoms with Crippen molar-refractivity contribution in [3.05, 3.63) is 17.6 Å². The fraction of sp³-hybridized carbons (Fsp3) is 0.706. The van der Waals surface area contributed by atoms with Crippen molar-refractivity contribution >= 4 is 26.0 Å². The Morgan fingerprint density at radius 2 is 1.86 bits per heavy atom. The number of likely N-dealkylation sites (tertiary alicyclic amines) is 1. The molecule has 3 heterocycles. The lowest BCUT2D eigenvalue weighted by Crippen LogP contribution is -2.43. The summed E-state index contributed by atoms with van der Waals surface area (Å²) in [6, 6.07) is 1.32. The number of hydrogen-bond acceptors (Lipinski definition) is 6. The minimum Gasteiger partial charge on any atom is -0.455 e. The average molecular weight is 434 g/mol. The van der Waals surface area contributed by atoms with Crippen LogP contribution in [0.1, 0.15) is 42.0 Å². The summed E-state index contributed by atoms with van der Waals surface area (Å²) in [6.45, 7) is 3.72. The van der Waals surface area contributed by atoms with Crippen LogP contribution in [0.2, 0.25) is 0 Å². The number of carbonyl (C=O) groups excluding carboxylic acids is 1. The van der Waals surface area contributed by atoms with Crippen molar-refractivity contribution in [3.63, 3.8) is 0 Å². The first-order valence-electron chi connectivity index (χ1n) is 9.42. The molecule has 1 aromatic heterocycles. The Balaban J connectivity index is 1.72.